The van der Waals surface area contributed by atoms with Gasteiger partial charge in [-0.2, -0.15) is 13.2 Å². The van der Waals surface area contributed by atoms with E-state index in [1.54, 1.807) is 17.4 Å². The minimum absolute atomic E-state index is 0.485. The minimum Gasteiger partial charge on any atom is -0.320 e. The predicted molar refractivity (Wildman–Crippen MR) is 71.2 cm³/mol. The summed E-state index contributed by atoms with van der Waals surface area (Å²) in [5.74, 6) is 0. The topological polar surface area (TPSA) is 26.0 Å². The molecule has 0 bridgehead atoms. The van der Waals surface area contributed by atoms with Gasteiger partial charge in [-0.05, 0) is 36.2 Å². The lowest BCUT2D eigenvalue weighted by atomic mass is 10.0. The molecule has 0 spiro atoms. The SMILES string of the molecule is CCc1ccc(C(N)c2cccc(C(F)(F)F)c2)s1. The second-order valence-electron chi connectivity index (χ2n) is 4.26. The molecular weight excluding hydrogens is 271 g/mol. The highest BCUT2D eigenvalue weighted by Gasteiger charge is 2.30. The van der Waals surface area contributed by atoms with E-state index in [2.05, 4.69) is 0 Å². The third-order valence-electron chi connectivity index (χ3n) is 2.91. The third-order valence-corrected chi connectivity index (χ3v) is 4.22. The van der Waals surface area contributed by atoms with Crippen LogP contribution in [0.15, 0.2) is 36.4 Å². The van der Waals surface area contributed by atoms with Gasteiger partial charge in [0.1, 0.15) is 0 Å². The van der Waals surface area contributed by atoms with Crippen LogP contribution in [0.2, 0.25) is 0 Å². The molecule has 102 valence electrons. The van der Waals surface area contributed by atoms with Crippen molar-refractivity contribution in [1.82, 2.24) is 0 Å². The quantitative estimate of drug-likeness (QED) is 0.890. The Labute approximate surface area is 113 Å². The molecule has 2 rings (SSSR count). The van der Waals surface area contributed by atoms with Crippen molar-refractivity contribution in [3.8, 4) is 0 Å². The first-order valence-corrected chi connectivity index (χ1v) is 6.75. The standard InChI is InChI=1S/C14H14F3NS/c1-2-11-6-7-12(19-11)13(18)9-4-3-5-10(8-9)14(15,16)17/h3-8,13H,2,18H2,1H3. The number of rotatable bonds is 3. The molecule has 0 radical (unpaired) electrons. The van der Waals surface area contributed by atoms with Gasteiger partial charge in [-0.3, -0.25) is 0 Å². The summed E-state index contributed by atoms with van der Waals surface area (Å²) in [5, 5.41) is 0. The van der Waals surface area contributed by atoms with Gasteiger partial charge >= 0.3 is 6.18 Å². The summed E-state index contributed by atoms with van der Waals surface area (Å²) in [4.78, 5) is 2.06. The molecule has 0 aliphatic heterocycles. The van der Waals surface area contributed by atoms with E-state index in [-0.39, 0.29) is 0 Å². The van der Waals surface area contributed by atoms with Crippen molar-refractivity contribution in [3.63, 3.8) is 0 Å². The largest absolute Gasteiger partial charge is 0.416 e. The Balaban J connectivity index is 2.31. The molecular formula is C14H14F3NS. The van der Waals surface area contributed by atoms with E-state index in [0.717, 1.165) is 23.4 Å². The lowest BCUT2D eigenvalue weighted by molar-refractivity contribution is -0.137. The van der Waals surface area contributed by atoms with Crippen molar-refractivity contribution in [3.05, 3.63) is 57.3 Å². The van der Waals surface area contributed by atoms with Gasteiger partial charge in [0.25, 0.3) is 0 Å². The summed E-state index contributed by atoms with van der Waals surface area (Å²) < 4.78 is 38.0. The number of nitrogens with two attached hydrogens (primary N) is 1. The van der Waals surface area contributed by atoms with Gasteiger partial charge in [-0.1, -0.05) is 19.1 Å². The zero-order chi connectivity index (χ0) is 14.0. The third kappa shape index (κ3) is 3.16. The lowest BCUT2D eigenvalue weighted by Crippen LogP contribution is -2.12. The number of benzene rings is 1. The predicted octanol–water partition coefficient (Wildman–Crippen LogP) is 4.38. The molecule has 1 nitrogen and oxygen atoms in total. The normalized spacial score (nSPS) is 13.5. The van der Waals surface area contributed by atoms with Crippen LogP contribution >= 0.6 is 11.3 Å². The highest BCUT2D eigenvalue weighted by atomic mass is 32.1. The van der Waals surface area contributed by atoms with Crippen LogP contribution in [0.1, 0.15) is 33.8 Å². The molecule has 0 aliphatic rings. The van der Waals surface area contributed by atoms with Crippen molar-refractivity contribution >= 4 is 11.3 Å². The molecule has 2 aromatic rings. The van der Waals surface area contributed by atoms with Gasteiger partial charge in [0.2, 0.25) is 0 Å². The Kier molecular flexibility index (Phi) is 3.96. The fourth-order valence-corrected chi connectivity index (χ4v) is 2.81. The van der Waals surface area contributed by atoms with Gasteiger partial charge in [0.05, 0.1) is 11.6 Å². The van der Waals surface area contributed by atoms with Gasteiger partial charge in [0, 0.05) is 9.75 Å². The van der Waals surface area contributed by atoms with Crippen molar-refractivity contribution in [2.24, 2.45) is 5.73 Å². The highest BCUT2D eigenvalue weighted by molar-refractivity contribution is 7.12. The summed E-state index contributed by atoms with van der Waals surface area (Å²) >= 11 is 1.54. The average Bonchev–Trinajstić information content (AvgIpc) is 2.86. The number of aryl methyl sites for hydroxylation is 1. The molecule has 1 heterocycles. The van der Waals surface area contributed by atoms with Crippen LogP contribution in [0.4, 0.5) is 13.2 Å². The Bertz CT molecular complexity index is 560. The fraction of sp³-hybridized carbons (Fsp3) is 0.286. The first-order chi connectivity index (χ1) is 8.91. The van der Waals surface area contributed by atoms with Crippen LogP contribution in [0.5, 0.6) is 0 Å². The molecule has 0 amide bonds. The summed E-state index contributed by atoms with van der Waals surface area (Å²) in [6, 6.07) is 8.55. The van der Waals surface area contributed by atoms with Gasteiger partial charge < -0.3 is 5.73 Å². The highest BCUT2D eigenvalue weighted by Crippen LogP contribution is 2.33. The second-order valence-corrected chi connectivity index (χ2v) is 5.46. The molecule has 0 aliphatic carbocycles. The van der Waals surface area contributed by atoms with E-state index < -0.39 is 17.8 Å². The number of halogens is 3. The molecule has 0 saturated carbocycles. The van der Waals surface area contributed by atoms with Crippen LogP contribution in [-0.2, 0) is 12.6 Å². The van der Waals surface area contributed by atoms with Crippen molar-refractivity contribution in [2.75, 3.05) is 0 Å². The maximum Gasteiger partial charge on any atom is 0.416 e. The molecule has 1 atom stereocenters. The monoisotopic (exact) mass is 285 g/mol. The molecule has 0 fully saturated rings. The number of hydrogen-bond acceptors (Lipinski definition) is 2. The molecule has 0 saturated heterocycles. The summed E-state index contributed by atoms with van der Waals surface area (Å²) in [7, 11) is 0. The van der Waals surface area contributed by atoms with Gasteiger partial charge in [0.15, 0.2) is 0 Å². The zero-order valence-corrected chi connectivity index (χ0v) is 11.2. The summed E-state index contributed by atoms with van der Waals surface area (Å²) in [6.07, 6.45) is -3.43. The molecule has 2 N–H and O–H groups in total. The average molecular weight is 285 g/mol. The molecule has 1 unspecified atom stereocenters. The Morgan fingerprint density at radius 1 is 1.21 bits per heavy atom. The fourth-order valence-electron chi connectivity index (χ4n) is 1.82. The minimum atomic E-state index is -4.33. The number of hydrogen-bond donors (Lipinski definition) is 1. The molecule has 19 heavy (non-hydrogen) atoms. The molecule has 1 aromatic heterocycles. The maximum absolute atomic E-state index is 12.7. The van der Waals surface area contributed by atoms with E-state index in [0.29, 0.717) is 5.56 Å². The van der Waals surface area contributed by atoms with Crippen LogP contribution in [0.25, 0.3) is 0 Å². The molecule has 1 aromatic carbocycles. The van der Waals surface area contributed by atoms with E-state index >= 15 is 0 Å². The Morgan fingerprint density at radius 3 is 2.53 bits per heavy atom. The Hall–Kier alpha value is -1.33. The first kappa shape index (κ1) is 14.1. The zero-order valence-electron chi connectivity index (χ0n) is 10.4. The van der Waals surface area contributed by atoms with Gasteiger partial charge in [-0.15, -0.1) is 11.3 Å². The maximum atomic E-state index is 12.7. The van der Waals surface area contributed by atoms with Gasteiger partial charge in [-0.25, -0.2) is 0 Å². The van der Waals surface area contributed by atoms with E-state index in [4.69, 9.17) is 5.73 Å². The van der Waals surface area contributed by atoms with Crippen molar-refractivity contribution < 1.29 is 13.2 Å². The van der Waals surface area contributed by atoms with Crippen LogP contribution in [0, 0.1) is 0 Å². The van der Waals surface area contributed by atoms with E-state index in [1.807, 2.05) is 19.1 Å². The first-order valence-electron chi connectivity index (χ1n) is 5.93. The lowest BCUT2D eigenvalue weighted by Gasteiger charge is -2.13. The Morgan fingerprint density at radius 2 is 1.95 bits per heavy atom. The number of alkyl halides is 3. The van der Waals surface area contributed by atoms with Crippen molar-refractivity contribution in [1.29, 1.82) is 0 Å². The molecule has 5 heteroatoms. The summed E-state index contributed by atoms with van der Waals surface area (Å²) in [6.45, 7) is 2.03. The van der Waals surface area contributed by atoms with Crippen molar-refractivity contribution in [2.45, 2.75) is 25.6 Å². The second kappa shape index (κ2) is 5.35. The van der Waals surface area contributed by atoms with E-state index in [9.17, 15) is 13.2 Å². The smallest absolute Gasteiger partial charge is 0.320 e. The number of thiophene rings is 1. The van der Waals surface area contributed by atoms with Crippen LogP contribution in [-0.4, -0.2) is 0 Å². The van der Waals surface area contributed by atoms with E-state index in [1.165, 1.54) is 10.9 Å². The summed E-state index contributed by atoms with van der Waals surface area (Å²) in [5.41, 5.74) is 5.87. The van der Waals surface area contributed by atoms with Crippen LogP contribution in [0.3, 0.4) is 0 Å². The van der Waals surface area contributed by atoms with Crippen LogP contribution < -0.4 is 5.73 Å².